The maximum Gasteiger partial charge on any atom is 0.240 e. The van der Waals surface area contributed by atoms with E-state index in [2.05, 4.69) is 16.6 Å². The molecule has 0 aromatic rings. The van der Waals surface area contributed by atoms with Gasteiger partial charge in [0.15, 0.2) is 0 Å². The summed E-state index contributed by atoms with van der Waals surface area (Å²) >= 11 is 0. The third-order valence-corrected chi connectivity index (χ3v) is 1.64. The third-order valence-electron chi connectivity index (χ3n) is 1.64. The number of hydrogen-bond donors (Lipinski definition) is 0. The third kappa shape index (κ3) is 5.32. The van der Waals surface area contributed by atoms with E-state index in [1.165, 1.54) is 18.2 Å². The molecule has 0 spiro atoms. The molecule has 4 nitrogen and oxygen atoms in total. The topological polar surface area (TPSA) is 58.9 Å². The van der Waals surface area contributed by atoms with E-state index in [4.69, 9.17) is 0 Å². The number of aliphatic imine (C=N–C) groups is 2. The SMILES string of the molecule is C=C/C=C(/N=C=O)C(C)/C=C(\C)N=C=O. The van der Waals surface area contributed by atoms with Gasteiger partial charge in [-0.25, -0.2) is 9.59 Å². The first-order valence-electron chi connectivity index (χ1n) is 4.32. The standard InChI is InChI=1S/C11H12N2O2/c1-4-5-11(13-8-15)9(2)6-10(3)12-7-14/h4-6,9H,1H2,2-3H3/b10-6+,11-5+. The first-order valence-corrected chi connectivity index (χ1v) is 4.32. The van der Waals surface area contributed by atoms with Crippen molar-refractivity contribution in [2.45, 2.75) is 13.8 Å². The van der Waals surface area contributed by atoms with Gasteiger partial charge in [0.2, 0.25) is 12.2 Å². The van der Waals surface area contributed by atoms with Crippen LogP contribution in [0.25, 0.3) is 0 Å². The molecule has 1 unspecified atom stereocenters. The molecule has 0 N–H and O–H groups in total. The number of rotatable bonds is 5. The van der Waals surface area contributed by atoms with E-state index in [0.717, 1.165) is 0 Å². The van der Waals surface area contributed by atoms with Crippen molar-refractivity contribution < 1.29 is 9.59 Å². The number of allylic oxidation sites excluding steroid dienone is 4. The van der Waals surface area contributed by atoms with Crippen molar-refractivity contribution in [2.75, 3.05) is 0 Å². The lowest BCUT2D eigenvalue weighted by Gasteiger charge is -2.04. The molecular weight excluding hydrogens is 192 g/mol. The molecule has 0 fully saturated rings. The highest BCUT2D eigenvalue weighted by atomic mass is 16.1. The van der Waals surface area contributed by atoms with Crippen LogP contribution >= 0.6 is 0 Å². The highest BCUT2D eigenvalue weighted by molar-refractivity contribution is 5.39. The van der Waals surface area contributed by atoms with Gasteiger partial charge in [-0.15, -0.1) is 0 Å². The lowest BCUT2D eigenvalue weighted by atomic mass is 10.1. The fourth-order valence-electron chi connectivity index (χ4n) is 1.02. The van der Waals surface area contributed by atoms with Crippen LogP contribution in [0, 0.1) is 5.92 Å². The van der Waals surface area contributed by atoms with Gasteiger partial charge < -0.3 is 0 Å². The molecule has 78 valence electrons. The fraction of sp³-hybridized carbons (Fsp3) is 0.273. The summed E-state index contributed by atoms with van der Waals surface area (Å²) in [5.41, 5.74) is 1.04. The highest BCUT2D eigenvalue weighted by Crippen LogP contribution is 2.15. The molecule has 0 aromatic carbocycles. The lowest BCUT2D eigenvalue weighted by Crippen LogP contribution is -1.93. The molecule has 0 bridgehead atoms. The molecule has 0 amide bonds. The summed E-state index contributed by atoms with van der Waals surface area (Å²) in [5.74, 6) is -0.137. The normalized spacial score (nSPS) is 13.5. The molecule has 0 aromatic heterocycles. The van der Waals surface area contributed by atoms with Gasteiger partial charge in [0.25, 0.3) is 0 Å². The molecule has 0 radical (unpaired) electrons. The zero-order chi connectivity index (χ0) is 11.7. The maximum absolute atomic E-state index is 10.1. The van der Waals surface area contributed by atoms with Crippen LogP contribution in [0.4, 0.5) is 0 Å². The minimum absolute atomic E-state index is 0.137. The Morgan fingerprint density at radius 3 is 2.40 bits per heavy atom. The quantitative estimate of drug-likeness (QED) is 0.392. The van der Waals surface area contributed by atoms with Crippen molar-refractivity contribution in [3.63, 3.8) is 0 Å². The Kier molecular flexibility index (Phi) is 6.39. The first kappa shape index (κ1) is 13.0. The number of carbonyl (C=O) groups excluding carboxylic acids is 2. The lowest BCUT2D eigenvalue weighted by molar-refractivity contribution is 0.562. The molecule has 0 heterocycles. The van der Waals surface area contributed by atoms with E-state index >= 15 is 0 Å². The van der Waals surface area contributed by atoms with Crippen molar-refractivity contribution in [3.8, 4) is 0 Å². The Balaban J connectivity index is 4.95. The highest BCUT2D eigenvalue weighted by Gasteiger charge is 2.04. The van der Waals surface area contributed by atoms with E-state index in [-0.39, 0.29) is 5.92 Å². The minimum Gasteiger partial charge on any atom is -0.211 e. The van der Waals surface area contributed by atoms with Crippen molar-refractivity contribution in [1.29, 1.82) is 0 Å². The number of isocyanates is 2. The minimum atomic E-state index is -0.137. The van der Waals surface area contributed by atoms with E-state index in [1.54, 1.807) is 19.1 Å². The molecular formula is C11H12N2O2. The Morgan fingerprint density at radius 1 is 1.33 bits per heavy atom. The summed E-state index contributed by atoms with van der Waals surface area (Å²) in [7, 11) is 0. The first-order chi connectivity index (χ1) is 7.15. The fourth-order valence-corrected chi connectivity index (χ4v) is 1.02. The van der Waals surface area contributed by atoms with E-state index < -0.39 is 0 Å². The smallest absolute Gasteiger partial charge is 0.211 e. The second-order valence-corrected chi connectivity index (χ2v) is 2.83. The maximum atomic E-state index is 10.1. The Bertz CT molecular complexity index is 381. The largest absolute Gasteiger partial charge is 0.240 e. The van der Waals surface area contributed by atoms with Gasteiger partial charge in [-0.2, -0.15) is 9.98 Å². The predicted octanol–water partition coefficient (Wildman–Crippen LogP) is 2.27. The van der Waals surface area contributed by atoms with E-state index in [0.29, 0.717) is 11.4 Å². The van der Waals surface area contributed by atoms with Crippen LogP contribution in [0.3, 0.4) is 0 Å². The Hall–Kier alpha value is -2.02. The van der Waals surface area contributed by atoms with Crippen molar-refractivity contribution in [2.24, 2.45) is 15.9 Å². The van der Waals surface area contributed by atoms with E-state index in [1.807, 2.05) is 6.92 Å². The van der Waals surface area contributed by atoms with Gasteiger partial charge in [0.05, 0.1) is 5.70 Å². The monoisotopic (exact) mass is 204 g/mol. The average Bonchev–Trinajstić information content (AvgIpc) is 2.17. The number of hydrogen-bond acceptors (Lipinski definition) is 4. The average molecular weight is 204 g/mol. The molecule has 0 aliphatic carbocycles. The summed E-state index contributed by atoms with van der Waals surface area (Å²) < 4.78 is 0. The zero-order valence-electron chi connectivity index (χ0n) is 8.73. The summed E-state index contributed by atoms with van der Waals surface area (Å²) in [6.45, 7) is 6.99. The molecule has 0 saturated heterocycles. The van der Waals surface area contributed by atoms with Crippen molar-refractivity contribution >= 4 is 12.2 Å². The second kappa shape index (κ2) is 7.39. The van der Waals surface area contributed by atoms with Crippen LogP contribution in [0.15, 0.2) is 46.2 Å². The molecule has 0 aliphatic rings. The van der Waals surface area contributed by atoms with Crippen LogP contribution in [-0.4, -0.2) is 12.2 Å². The van der Waals surface area contributed by atoms with Gasteiger partial charge in [-0.1, -0.05) is 25.7 Å². The van der Waals surface area contributed by atoms with Crippen LogP contribution in [0.5, 0.6) is 0 Å². The molecule has 4 heteroatoms. The Labute approximate surface area is 88.4 Å². The molecule has 15 heavy (non-hydrogen) atoms. The molecule has 0 saturated carbocycles. The summed E-state index contributed by atoms with van der Waals surface area (Å²) in [6, 6.07) is 0. The van der Waals surface area contributed by atoms with Gasteiger partial charge in [0, 0.05) is 11.6 Å². The van der Waals surface area contributed by atoms with Gasteiger partial charge in [-0.05, 0) is 13.0 Å². The predicted molar refractivity (Wildman–Crippen MR) is 57.4 cm³/mol. The van der Waals surface area contributed by atoms with Crippen LogP contribution in [-0.2, 0) is 9.59 Å². The summed E-state index contributed by atoms with van der Waals surface area (Å²) in [4.78, 5) is 27.1. The molecule has 0 aliphatic heterocycles. The summed E-state index contributed by atoms with van der Waals surface area (Å²) in [5, 5.41) is 0. The van der Waals surface area contributed by atoms with Gasteiger partial charge in [-0.3, -0.25) is 0 Å². The van der Waals surface area contributed by atoms with E-state index in [9.17, 15) is 9.59 Å². The van der Waals surface area contributed by atoms with Crippen LogP contribution in [0.2, 0.25) is 0 Å². The molecule has 1 atom stereocenters. The summed E-state index contributed by atoms with van der Waals surface area (Å²) in [6.07, 6.45) is 7.72. The second-order valence-electron chi connectivity index (χ2n) is 2.83. The van der Waals surface area contributed by atoms with Crippen molar-refractivity contribution in [3.05, 3.63) is 36.2 Å². The van der Waals surface area contributed by atoms with Crippen LogP contribution < -0.4 is 0 Å². The number of nitrogens with zero attached hydrogens (tertiary/aromatic N) is 2. The van der Waals surface area contributed by atoms with Crippen molar-refractivity contribution in [1.82, 2.24) is 0 Å². The van der Waals surface area contributed by atoms with Gasteiger partial charge >= 0.3 is 0 Å². The Morgan fingerprint density at radius 2 is 1.93 bits per heavy atom. The zero-order valence-corrected chi connectivity index (χ0v) is 8.73. The molecule has 0 rings (SSSR count). The van der Waals surface area contributed by atoms with Crippen LogP contribution in [0.1, 0.15) is 13.8 Å². The van der Waals surface area contributed by atoms with Gasteiger partial charge in [0.1, 0.15) is 0 Å².